The fourth-order valence-corrected chi connectivity index (χ4v) is 1.33. The van der Waals surface area contributed by atoms with Gasteiger partial charge in [0.15, 0.2) is 0 Å². The highest BCUT2D eigenvalue weighted by Gasteiger charge is 2.07. The van der Waals surface area contributed by atoms with E-state index in [0.717, 1.165) is 0 Å². The largest absolute Gasteiger partial charge is 0.411 e. The minimum Gasteiger partial charge on any atom is -0.411 e. The molecule has 1 rings (SSSR count). The number of rotatable bonds is 2. The van der Waals surface area contributed by atoms with Crippen LogP contribution in [0, 0.1) is 0 Å². The maximum absolute atomic E-state index is 10.8. The monoisotopic (exact) mass is 216 g/mol. The Balaban J connectivity index is 2.95. The number of primary amides is 1. The van der Waals surface area contributed by atoms with Crippen LogP contribution in [0.3, 0.4) is 0 Å². The van der Waals surface area contributed by atoms with Gasteiger partial charge < -0.3 is 10.5 Å². The molecule has 0 heterocycles. The highest BCUT2D eigenvalue weighted by atomic mass is 32.2. The molecule has 1 aromatic carbocycles. The standard InChI is InChI=1S/C7H8N2O4S/c8-7(10)13-5-1-3-6(4-2-5)14(9,11)12/h1-4H,(H2,8,10)(H2,9,11,12). The minimum atomic E-state index is -3.72. The van der Waals surface area contributed by atoms with Crippen LogP contribution in [0.5, 0.6) is 5.75 Å². The summed E-state index contributed by atoms with van der Waals surface area (Å²) >= 11 is 0. The number of ether oxygens (including phenoxy) is 1. The van der Waals surface area contributed by atoms with Crippen LogP contribution in [0.25, 0.3) is 0 Å². The molecule has 0 unspecified atom stereocenters. The molecule has 0 aromatic heterocycles. The summed E-state index contributed by atoms with van der Waals surface area (Å²) in [6, 6.07) is 5.00. The van der Waals surface area contributed by atoms with Gasteiger partial charge in [-0.05, 0) is 24.3 Å². The van der Waals surface area contributed by atoms with E-state index in [1.54, 1.807) is 0 Å². The molecule has 7 heteroatoms. The zero-order valence-corrected chi connectivity index (χ0v) is 7.82. The van der Waals surface area contributed by atoms with Crippen molar-refractivity contribution >= 4 is 16.1 Å². The van der Waals surface area contributed by atoms with Crippen molar-refractivity contribution in [3.8, 4) is 5.75 Å². The molecule has 0 atom stereocenters. The first-order valence-electron chi connectivity index (χ1n) is 3.50. The maximum atomic E-state index is 10.8. The summed E-state index contributed by atoms with van der Waals surface area (Å²) in [6.45, 7) is 0. The van der Waals surface area contributed by atoms with E-state index in [-0.39, 0.29) is 10.6 Å². The van der Waals surface area contributed by atoms with E-state index in [1.165, 1.54) is 24.3 Å². The Bertz CT molecular complexity index is 437. The predicted octanol–water partition coefficient (Wildman–Crippen LogP) is -0.208. The highest BCUT2D eigenvalue weighted by Crippen LogP contribution is 2.14. The summed E-state index contributed by atoms with van der Waals surface area (Å²) in [5, 5.41) is 4.85. The second kappa shape index (κ2) is 3.64. The van der Waals surface area contributed by atoms with Gasteiger partial charge in [0.25, 0.3) is 0 Å². The molecule has 0 saturated carbocycles. The lowest BCUT2D eigenvalue weighted by molar-refractivity contribution is 0.211. The van der Waals surface area contributed by atoms with Gasteiger partial charge in [-0.15, -0.1) is 0 Å². The lowest BCUT2D eigenvalue weighted by atomic mass is 10.3. The van der Waals surface area contributed by atoms with Crippen LogP contribution in [0.4, 0.5) is 4.79 Å². The van der Waals surface area contributed by atoms with Crippen molar-refractivity contribution in [1.29, 1.82) is 0 Å². The molecular formula is C7H8N2O4S. The lowest BCUT2D eigenvalue weighted by Gasteiger charge is -2.01. The molecule has 1 amide bonds. The molecule has 0 aliphatic heterocycles. The predicted molar refractivity (Wildman–Crippen MR) is 48.0 cm³/mol. The van der Waals surface area contributed by atoms with Crippen molar-refractivity contribution in [3.63, 3.8) is 0 Å². The van der Waals surface area contributed by atoms with Gasteiger partial charge in [0.1, 0.15) is 5.75 Å². The van der Waals surface area contributed by atoms with Crippen LogP contribution < -0.4 is 15.6 Å². The number of amides is 1. The number of carbonyl (C=O) groups excluding carboxylic acids is 1. The van der Waals surface area contributed by atoms with Crippen molar-refractivity contribution in [2.75, 3.05) is 0 Å². The van der Waals surface area contributed by atoms with Crippen LogP contribution in [0.1, 0.15) is 0 Å². The molecule has 14 heavy (non-hydrogen) atoms. The van der Waals surface area contributed by atoms with E-state index in [9.17, 15) is 13.2 Å². The fraction of sp³-hybridized carbons (Fsp3) is 0. The normalized spacial score (nSPS) is 10.9. The summed E-state index contributed by atoms with van der Waals surface area (Å²) in [5.41, 5.74) is 4.74. The van der Waals surface area contributed by atoms with Crippen LogP contribution in [0.2, 0.25) is 0 Å². The third-order valence-electron chi connectivity index (χ3n) is 1.37. The fourth-order valence-electron chi connectivity index (χ4n) is 0.814. The summed E-state index contributed by atoms with van der Waals surface area (Å²) < 4.78 is 26.1. The van der Waals surface area contributed by atoms with Crippen molar-refractivity contribution in [2.24, 2.45) is 10.9 Å². The SMILES string of the molecule is NC(=O)Oc1ccc(S(N)(=O)=O)cc1. The van der Waals surface area contributed by atoms with Gasteiger partial charge in [-0.3, -0.25) is 0 Å². The number of hydrogen-bond acceptors (Lipinski definition) is 4. The Hall–Kier alpha value is -1.60. The van der Waals surface area contributed by atoms with E-state index in [4.69, 9.17) is 10.9 Å². The Morgan fingerprint density at radius 1 is 1.21 bits per heavy atom. The number of nitrogens with two attached hydrogens (primary N) is 2. The van der Waals surface area contributed by atoms with Crippen molar-refractivity contribution < 1.29 is 17.9 Å². The summed E-state index contributed by atoms with van der Waals surface area (Å²) in [4.78, 5) is 10.2. The molecule has 0 aliphatic rings. The van der Waals surface area contributed by atoms with Gasteiger partial charge in [-0.2, -0.15) is 0 Å². The van der Waals surface area contributed by atoms with Gasteiger partial charge in [0.2, 0.25) is 10.0 Å². The Morgan fingerprint density at radius 2 is 1.71 bits per heavy atom. The molecule has 0 fully saturated rings. The summed E-state index contributed by atoms with van der Waals surface area (Å²) in [5.74, 6) is 0.157. The number of primary sulfonamides is 1. The third-order valence-corrected chi connectivity index (χ3v) is 2.30. The first-order valence-corrected chi connectivity index (χ1v) is 5.04. The Kier molecular flexibility index (Phi) is 2.73. The molecule has 0 spiro atoms. The van der Waals surface area contributed by atoms with Gasteiger partial charge in [0, 0.05) is 0 Å². The maximum Gasteiger partial charge on any atom is 0.409 e. The first-order chi connectivity index (χ1) is 6.39. The topological polar surface area (TPSA) is 112 Å². The van der Waals surface area contributed by atoms with Crippen LogP contribution in [-0.4, -0.2) is 14.5 Å². The highest BCUT2D eigenvalue weighted by molar-refractivity contribution is 7.89. The van der Waals surface area contributed by atoms with Crippen molar-refractivity contribution in [3.05, 3.63) is 24.3 Å². The number of sulfonamides is 1. The van der Waals surface area contributed by atoms with E-state index in [1.807, 2.05) is 0 Å². The van der Waals surface area contributed by atoms with Crippen LogP contribution in [0.15, 0.2) is 29.2 Å². The zero-order valence-electron chi connectivity index (χ0n) is 7.01. The molecule has 6 nitrogen and oxygen atoms in total. The molecule has 0 saturated heterocycles. The van der Waals surface area contributed by atoms with Crippen LogP contribution in [-0.2, 0) is 10.0 Å². The molecular weight excluding hydrogens is 208 g/mol. The van der Waals surface area contributed by atoms with Gasteiger partial charge in [-0.25, -0.2) is 18.4 Å². The number of hydrogen-bond donors (Lipinski definition) is 2. The summed E-state index contributed by atoms with van der Waals surface area (Å²) in [7, 11) is -3.72. The summed E-state index contributed by atoms with van der Waals surface area (Å²) in [6.07, 6.45) is -0.964. The van der Waals surface area contributed by atoms with Gasteiger partial charge in [-0.1, -0.05) is 0 Å². The molecule has 0 radical (unpaired) electrons. The number of benzene rings is 1. The Morgan fingerprint density at radius 3 is 2.07 bits per heavy atom. The van der Waals surface area contributed by atoms with Gasteiger partial charge in [0.05, 0.1) is 4.90 Å². The average molecular weight is 216 g/mol. The second-order valence-corrected chi connectivity index (χ2v) is 4.00. The molecule has 0 bridgehead atoms. The number of carbonyl (C=O) groups is 1. The zero-order chi connectivity index (χ0) is 10.8. The van der Waals surface area contributed by atoms with E-state index in [0.29, 0.717) is 0 Å². The van der Waals surface area contributed by atoms with Crippen molar-refractivity contribution in [2.45, 2.75) is 4.90 Å². The molecule has 1 aromatic rings. The molecule has 0 aliphatic carbocycles. The van der Waals surface area contributed by atoms with E-state index < -0.39 is 16.1 Å². The average Bonchev–Trinajstić information content (AvgIpc) is 2.02. The third kappa shape index (κ3) is 2.71. The van der Waals surface area contributed by atoms with E-state index in [2.05, 4.69) is 4.74 Å². The van der Waals surface area contributed by atoms with Crippen molar-refractivity contribution in [1.82, 2.24) is 0 Å². The smallest absolute Gasteiger partial charge is 0.409 e. The molecule has 4 N–H and O–H groups in total. The second-order valence-electron chi connectivity index (χ2n) is 2.44. The lowest BCUT2D eigenvalue weighted by Crippen LogP contribution is -2.16. The first kappa shape index (κ1) is 10.5. The quantitative estimate of drug-likeness (QED) is 0.712. The van der Waals surface area contributed by atoms with Crippen LogP contribution >= 0.6 is 0 Å². The van der Waals surface area contributed by atoms with E-state index >= 15 is 0 Å². The van der Waals surface area contributed by atoms with Gasteiger partial charge >= 0.3 is 6.09 Å². The minimum absolute atomic E-state index is 0.0608. The Labute approximate surface area is 80.5 Å². The molecule has 76 valence electrons.